The van der Waals surface area contributed by atoms with Crippen LogP contribution in [-0.2, 0) is 17.6 Å². The van der Waals surface area contributed by atoms with Crippen molar-refractivity contribution in [3.8, 4) is 17.2 Å². The molecule has 3 rings (SSSR count). The third kappa shape index (κ3) is 6.56. The lowest BCUT2D eigenvalue weighted by Gasteiger charge is -2.14. The molecule has 10 heteroatoms. The number of ether oxygens (including phenoxy) is 3. The Labute approximate surface area is 200 Å². The van der Waals surface area contributed by atoms with E-state index in [1.807, 2.05) is 6.92 Å². The first-order valence-electron chi connectivity index (χ1n) is 10.7. The van der Waals surface area contributed by atoms with Gasteiger partial charge in [0.05, 0.1) is 36.2 Å². The maximum Gasteiger partial charge on any atom is 0.416 e. The molecular formula is C25H25F3N2O5. The Morgan fingerprint density at radius 3 is 2.46 bits per heavy atom. The van der Waals surface area contributed by atoms with Gasteiger partial charge in [0.15, 0.2) is 11.5 Å². The van der Waals surface area contributed by atoms with Crippen LogP contribution in [0.4, 0.5) is 18.9 Å². The largest absolute Gasteiger partial charge is 0.493 e. The van der Waals surface area contributed by atoms with Crippen LogP contribution in [0.25, 0.3) is 6.08 Å². The third-order valence-corrected chi connectivity index (χ3v) is 5.03. The standard InChI is InChI=1S/C25H25F3N2O5/c1-5-33-21-10-8-18(25(26,27)28)13-20(21)29-24(31)11-7-17-6-9-22(23(12-17)32-4)34-14-19-15(2)30-35-16(19)3/h6-13H,5,14H2,1-4H3,(H,29,31)/b11-7+. The molecule has 0 saturated carbocycles. The van der Waals surface area contributed by atoms with Crippen molar-refractivity contribution in [2.45, 2.75) is 33.6 Å². The minimum absolute atomic E-state index is 0.0722. The van der Waals surface area contributed by atoms with Gasteiger partial charge in [0.2, 0.25) is 5.91 Å². The summed E-state index contributed by atoms with van der Waals surface area (Å²) in [4.78, 5) is 12.4. The summed E-state index contributed by atoms with van der Waals surface area (Å²) < 4.78 is 60.9. The minimum Gasteiger partial charge on any atom is -0.493 e. The first-order chi connectivity index (χ1) is 16.6. The van der Waals surface area contributed by atoms with Crippen LogP contribution in [0.2, 0.25) is 0 Å². The monoisotopic (exact) mass is 490 g/mol. The molecule has 1 heterocycles. The van der Waals surface area contributed by atoms with Gasteiger partial charge in [-0.3, -0.25) is 4.79 Å². The Bertz CT molecular complexity index is 1200. The number of aromatic nitrogens is 1. The average Bonchev–Trinajstić information content (AvgIpc) is 3.14. The van der Waals surface area contributed by atoms with E-state index in [0.717, 1.165) is 23.4 Å². The molecule has 0 aliphatic carbocycles. The van der Waals surface area contributed by atoms with Crippen LogP contribution in [0.5, 0.6) is 17.2 Å². The van der Waals surface area contributed by atoms with Crippen LogP contribution < -0.4 is 19.5 Å². The van der Waals surface area contributed by atoms with Gasteiger partial charge in [0.1, 0.15) is 18.1 Å². The van der Waals surface area contributed by atoms with Crippen LogP contribution >= 0.6 is 0 Å². The van der Waals surface area contributed by atoms with Crippen LogP contribution in [0, 0.1) is 13.8 Å². The number of methoxy groups -OCH3 is 1. The molecule has 0 aliphatic rings. The number of alkyl halides is 3. The molecule has 0 spiro atoms. The normalized spacial score (nSPS) is 11.5. The zero-order valence-electron chi connectivity index (χ0n) is 19.7. The Kier molecular flexibility index (Phi) is 8.06. The van der Waals surface area contributed by atoms with E-state index in [4.69, 9.17) is 18.7 Å². The van der Waals surface area contributed by atoms with E-state index in [1.165, 1.54) is 25.3 Å². The molecular weight excluding hydrogens is 465 g/mol. The highest BCUT2D eigenvalue weighted by atomic mass is 19.4. The fourth-order valence-corrected chi connectivity index (χ4v) is 3.20. The maximum absolute atomic E-state index is 13.1. The first-order valence-corrected chi connectivity index (χ1v) is 10.7. The van der Waals surface area contributed by atoms with Gasteiger partial charge < -0.3 is 24.1 Å². The maximum atomic E-state index is 13.1. The Morgan fingerprint density at radius 1 is 1.09 bits per heavy atom. The van der Waals surface area contributed by atoms with Gasteiger partial charge in [-0.1, -0.05) is 11.2 Å². The van der Waals surface area contributed by atoms with Gasteiger partial charge in [-0.2, -0.15) is 13.2 Å². The van der Waals surface area contributed by atoms with Crippen molar-refractivity contribution in [2.24, 2.45) is 0 Å². The number of carbonyl (C=O) groups is 1. The summed E-state index contributed by atoms with van der Waals surface area (Å²) >= 11 is 0. The number of nitrogens with one attached hydrogen (secondary N) is 1. The summed E-state index contributed by atoms with van der Waals surface area (Å²) in [5, 5.41) is 6.33. The summed E-state index contributed by atoms with van der Waals surface area (Å²) in [7, 11) is 1.49. The molecule has 3 aromatic rings. The summed E-state index contributed by atoms with van der Waals surface area (Å²) in [5.41, 5.74) is 1.24. The van der Waals surface area contributed by atoms with Crippen LogP contribution in [0.3, 0.4) is 0 Å². The van der Waals surface area contributed by atoms with E-state index in [2.05, 4.69) is 10.5 Å². The molecule has 0 aliphatic heterocycles. The highest BCUT2D eigenvalue weighted by Crippen LogP contribution is 2.35. The van der Waals surface area contributed by atoms with E-state index in [0.29, 0.717) is 22.8 Å². The second kappa shape index (κ2) is 11.0. The fourth-order valence-electron chi connectivity index (χ4n) is 3.20. The van der Waals surface area contributed by atoms with E-state index in [-0.39, 0.29) is 24.7 Å². The number of hydrogen-bond donors (Lipinski definition) is 1. The zero-order valence-corrected chi connectivity index (χ0v) is 19.7. The molecule has 1 N–H and O–H groups in total. The molecule has 1 aromatic heterocycles. The second-order valence-corrected chi connectivity index (χ2v) is 7.47. The summed E-state index contributed by atoms with van der Waals surface area (Å²) in [5.74, 6) is 1.11. The predicted octanol–water partition coefficient (Wildman–Crippen LogP) is 5.95. The molecule has 35 heavy (non-hydrogen) atoms. The summed E-state index contributed by atoms with van der Waals surface area (Å²) in [6.07, 6.45) is -1.84. The Balaban J connectivity index is 1.72. The molecule has 1 amide bonds. The second-order valence-electron chi connectivity index (χ2n) is 7.47. The fraction of sp³-hybridized carbons (Fsp3) is 0.280. The van der Waals surface area contributed by atoms with Crippen molar-refractivity contribution in [3.63, 3.8) is 0 Å². The zero-order chi connectivity index (χ0) is 25.6. The number of carbonyl (C=O) groups excluding carboxylic acids is 1. The van der Waals surface area contributed by atoms with Crippen molar-refractivity contribution in [3.05, 3.63) is 70.6 Å². The number of amides is 1. The summed E-state index contributed by atoms with van der Waals surface area (Å²) in [6, 6.07) is 7.99. The van der Waals surface area contributed by atoms with Gasteiger partial charge in [-0.15, -0.1) is 0 Å². The topological polar surface area (TPSA) is 82.8 Å². The SMILES string of the molecule is CCOc1ccc(C(F)(F)F)cc1NC(=O)/C=C/c1ccc(OCc2c(C)noc2C)c(OC)c1. The quantitative estimate of drug-likeness (QED) is 0.374. The number of nitrogens with zero attached hydrogens (tertiary/aromatic N) is 1. The number of aryl methyl sites for hydroxylation is 2. The van der Waals surface area contributed by atoms with E-state index in [1.54, 1.807) is 32.0 Å². The molecule has 0 atom stereocenters. The highest BCUT2D eigenvalue weighted by Gasteiger charge is 2.31. The van der Waals surface area contributed by atoms with Gasteiger partial charge >= 0.3 is 6.18 Å². The number of hydrogen-bond acceptors (Lipinski definition) is 6. The smallest absolute Gasteiger partial charge is 0.416 e. The Morgan fingerprint density at radius 2 is 1.83 bits per heavy atom. The van der Waals surface area contributed by atoms with Gasteiger partial charge in [0.25, 0.3) is 0 Å². The number of rotatable bonds is 9. The van der Waals surface area contributed by atoms with Crippen LogP contribution in [-0.4, -0.2) is 24.8 Å². The summed E-state index contributed by atoms with van der Waals surface area (Å²) in [6.45, 7) is 5.79. The van der Waals surface area contributed by atoms with Gasteiger partial charge in [0, 0.05) is 6.08 Å². The van der Waals surface area contributed by atoms with Crippen molar-refractivity contribution in [1.82, 2.24) is 5.16 Å². The minimum atomic E-state index is -4.55. The average molecular weight is 490 g/mol. The lowest BCUT2D eigenvalue weighted by atomic mass is 10.1. The first kappa shape index (κ1) is 25.7. The lowest BCUT2D eigenvalue weighted by molar-refractivity contribution is -0.137. The van der Waals surface area contributed by atoms with E-state index >= 15 is 0 Å². The van der Waals surface area contributed by atoms with Crippen molar-refractivity contribution in [1.29, 1.82) is 0 Å². The van der Waals surface area contributed by atoms with E-state index < -0.39 is 17.6 Å². The molecule has 0 bridgehead atoms. The van der Waals surface area contributed by atoms with Gasteiger partial charge in [-0.05, 0) is 62.7 Å². The van der Waals surface area contributed by atoms with Gasteiger partial charge in [-0.25, -0.2) is 0 Å². The van der Waals surface area contributed by atoms with Crippen molar-refractivity contribution < 1.29 is 36.7 Å². The van der Waals surface area contributed by atoms with Crippen molar-refractivity contribution >= 4 is 17.7 Å². The highest BCUT2D eigenvalue weighted by molar-refractivity contribution is 6.02. The molecule has 2 aromatic carbocycles. The lowest BCUT2D eigenvalue weighted by Crippen LogP contribution is -2.12. The predicted molar refractivity (Wildman–Crippen MR) is 124 cm³/mol. The third-order valence-electron chi connectivity index (χ3n) is 5.03. The molecule has 7 nitrogen and oxygen atoms in total. The number of halogens is 3. The molecule has 0 fully saturated rings. The van der Waals surface area contributed by atoms with Crippen LogP contribution in [0.15, 0.2) is 47.0 Å². The molecule has 0 unspecified atom stereocenters. The van der Waals surface area contributed by atoms with Crippen LogP contribution in [0.1, 0.15) is 35.1 Å². The molecule has 186 valence electrons. The number of anilines is 1. The molecule has 0 radical (unpaired) electrons. The number of benzene rings is 2. The van der Waals surface area contributed by atoms with E-state index in [9.17, 15) is 18.0 Å². The Hall–Kier alpha value is -3.95. The molecule has 0 saturated heterocycles. The van der Waals surface area contributed by atoms with Crippen molar-refractivity contribution in [2.75, 3.05) is 19.0 Å².